The van der Waals surface area contributed by atoms with Crippen LogP contribution in [0.4, 0.5) is 0 Å². The lowest BCUT2D eigenvalue weighted by Crippen LogP contribution is -2.39. The van der Waals surface area contributed by atoms with Crippen LogP contribution in [0.25, 0.3) is 0 Å². The van der Waals surface area contributed by atoms with Crippen LogP contribution in [0.3, 0.4) is 0 Å². The van der Waals surface area contributed by atoms with Gasteiger partial charge in [0.25, 0.3) is 5.91 Å². The van der Waals surface area contributed by atoms with E-state index in [0.29, 0.717) is 0 Å². The number of carbonyl (C=O) groups excluding carboxylic acids is 2. The van der Waals surface area contributed by atoms with Crippen molar-refractivity contribution in [2.75, 3.05) is 13.7 Å². The van der Waals surface area contributed by atoms with E-state index in [1.807, 2.05) is 0 Å². The zero-order valence-electron chi connectivity index (χ0n) is 15.8. The molecule has 1 aromatic carbocycles. The number of rotatable bonds is 8. The third kappa shape index (κ3) is 5.43. The lowest BCUT2D eigenvalue weighted by Gasteiger charge is -2.16. The fourth-order valence-electron chi connectivity index (χ4n) is 2.96. The van der Waals surface area contributed by atoms with E-state index in [9.17, 15) is 18.0 Å². The van der Waals surface area contributed by atoms with E-state index in [1.54, 1.807) is 6.92 Å². The molecule has 150 valence electrons. The summed E-state index contributed by atoms with van der Waals surface area (Å²) in [6.45, 7) is 3.37. The van der Waals surface area contributed by atoms with E-state index < -0.39 is 27.9 Å². The fraction of sp³-hybridized carbons (Fsp3) is 0.556. The van der Waals surface area contributed by atoms with Crippen LogP contribution in [0.15, 0.2) is 23.1 Å². The van der Waals surface area contributed by atoms with Gasteiger partial charge in [0.05, 0.1) is 13.7 Å². The third-order valence-electron chi connectivity index (χ3n) is 4.38. The first kappa shape index (κ1) is 21.2. The van der Waals surface area contributed by atoms with Crippen molar-refractivity contribution in [3.05, 3.63) is 23.8 Å². The largest absolute Gasteiger partial charge is 0.495 e. The van der Waals surface area contributed by atoms with Crippen LogP contribution in [-0.4, -0.2) is 46.1 Å². The van der Waals surface area contributed by atoms with Gasteiger partial charge in [0.1, 0.15) is 16.7 Å². The Bertz CT molecular complexity index is 787. The lowest BCUT2D eigenvalue weighted by atomic mass is 10.2. The minimum absolute atomic E-state index is 0.103. The molecule has 1 atom stereocenters. The van der Waals surface area contributed by atoms with Gasteiger partial charge in [0.15, 0.2) is 0 Å². The molecule has 2 rings (SSSR count). The number of sulfonamides is 1. The van der Waals surface area contributed by atoms with Gasteiger partial charge < -0.3 is 14.8 Å². The molecule has 0 aromatic heterocycles. The standard InChI is InChI=1S/C18H26N2O6S/c1-4-26-18(22)12(2)19-17(21)13-9-10-15(25-3)16(11-13)27(23,24)20-14-7-5-6-8-14/h9-12,14,20H,4-8H2,1-3H3,(H,19,21). The molecule has 1 saturated carbocycles. The Morgan fingerprint density at radius 1 is 1.26 bits per heavy atom. The summed E-state index contributed by atoms with van der Waals surface area (Å²) in [6, 6.07) is 3.16. The molecule has 1 aliphatic carbocycles. The first-order chi connectivity index (χ1) is 12.8. The van der Waals surface area contributed by atoms with E-state index in [1.165, 1.54) is 32.2 Å². The van der Waals surface area contributed by atoms with Gasteiger partial charge in [-0.1, -0.05) is 12.8 Å². The van der Waals surface area contributed by atoms with Gasteiger partial charge in [0, 0.05) is 11.6 Å². The van der Waals surface area contributed by atoms with Gasteiger partial charge in [0.2, 0.25) is 10.0 Å². The number of carbonyl (C=O) groups is 2. The van der Waals surface area contributed by atoms with Crippen LogP contribution in [0.1, 0.15) is 49.9 Å². The van der Waals surface area contributed by atoms with Crippen molar-refractivity contribution in [2.45, 2.75) is 56.5 Å². The molecule has 0 heterocycles. The molecular formula is C18H26N2O6S. The molecule has 1 aromatic rings. The van der Waals surface area contributed by atoms with E-state index in [-0.39, 0.29) is 28.9 Å². The monoisotopic (exact) mass is 398 g/mol. The van der Waals surface area contributed by atoms with Gasteiger partial charge in [-0.05, 0) is 44.9 Å². The summed E-state index contributed by atoms with van der Waals surface area (Å²) in [4.78, 5) is 24.0. The summed E-state index contributed by atoms with van der Waals surface area (Å²) < 4.78 is 38.2. The molecule has 0 saturated heterocycles. The normalized spacial score (nSPS) is 16.0. The van der Waals surface area contributed by atoms with Crippen LogP contribution in [-0.2, 0) is 19.6 Å². The molecule has 0 spiro atoms. The zero-order chi connectivity index (χ0) is 20.0. The first-order valence-electron chi connectivity index (χ1n) is 8.96. The average molecular weight is 398 g/mol. The highest BCUT2D eigenvalue weighted by Gasteiger charge is 2.27. The third-order valence-corrected chi connectivity index (χ3v) is 5.92. The van der Waals surface area contributed by atoms with Crippen LogP contribution in [0.5, 0.6) is 5.75 Å². The number of nitrogens with one attached hydrogen (secondary N) is 2. The molecule has 1 fully saturated rings. The average Bonchev–Trinajstić information content (AvgIpc) is 3.13. The summed E-state index contributed by atoms with van der Waals surface area (Å²) in [7, 11) is -2.47. The number of amides is 1. The zero-order valence-corrected chi connectivity index (χ0v) is 16.6. The second-order valence-electron chi connectivity index (χ2n) is 6.42. The summed E-state index contributed by atoms with van der Waals surface area (Å²) in [5.41, 5.74) is 0.110. The van der Waals surface area contributed by atoms with Gasteiger partial charge >= 0.3 is 5.97 Å². The molecule has 1 aliphatic rings. The number of ether oxygens (including phenoxy) is 2. The highest BCUT2D eigenvalue weighted by Crippen LogP contribution is 2.27. The SMILES string of the molecule is CCOC(=O)C(C)NC(=O)c1ccc(OC)c(S(=O)(=O)NC2CCCC2)c1. The summed E-state index contributed by atoms with van der Waals surface area (Å²) in [5.74, 6) is -0.985. The van der Waals surface area contributed by atoms with Gasteiger partial charge in [-0.15, -0.1) is 0 Å². The number of methoxy groups -OCH3 is 1. The van der Waals surface area contributed by atoms with Gasteiger partial charge in [-0.25, -0.2) is 17.9 Å². The number of esters is 1. The topological polar surface area (TPSA) is 111 Å². The molecule has 9 heteroatoms. The molecule has 8 nitrogen and oxygen atoms in total. The van der Waals surface area contributed by atoms with Crippen LogP contribution >= 0.6 is 0 Å². The predicted molar refractivity (Wildman–Crippen MR) is 99.1 cm³/mol. The molecular weight excluding hydrogens is 372 g/mol. The fourth-order valence-corrected chi connectivity index (χ4v) is 4.46. The Morgan fingerprint density at radius 3 is 2.52 bits per heavy atom. The Kier molecular flexibility index (Phi) is 7.20. The highest BCUT2D eigenvalue weighted by molar-refractivity contribution is 7.89. The maximum atomic E-state index is 12.8. The Labute approximate surface area is 159 Å². The van der Waals surface area contributed by atoms with E-state index >= 15 is 0 Å². The summed E-state index contributed by atoms with van der Waals surface area (Å²) in [6.07, 6.45) is 3.55. The van der Waals surface area contributed by atoms with Crippen molar-refractivity contribution < 1.29 is 27.5 Å². The maximum absolute atomic E-state index is 12.8. The van der Waals surface area contributed by atoms with Gasteiger partial charge in [-0.3, -0.25) is 4.79 Å². The molecule has 0 aliphatic heterocycles. The molecule has 2 N–H and O–H groups in total. The van der Waals surface area contributed by atoms with Crippen molar-refractivity contribution in [3.63, 3.8) is 0 Å². The van der Waals surface area contributed by atoms with Crippen LogP contribution in [0, 0.1) is 0 Å². The van der Waals surface area contributed by atoms with Crippen molar-refractivity contribution in [1.82, 2.24) is 10.0 Å². The smallest absolute Gasteiger partial charge is 0.328 e. The minimum atomic E-state index is -3.84. The summed E-state index contributed by atoms with van der Waals surface area (Å²) >= 11 is 0. The van der Waals surface area contributed by atoms with Crippen LogP contribution < -0.4 is 14.8 Å². The number of hydrogen-bond acceptors (Lipinski definition) is 6. The number of hydrogen-bond donors (Lipinski definition) is 2. The minimum Gasteiger partial charge on any atom is -0.495 e. The number of benzene rings is 1. The van der Waals surface area contributed by atoms with E-state index in [2.05, 4.69) is 10.0 Å². The first-order valence-corrected chi connectivity index (χ1v) is 10.4. The second-order valence-corrected chi connectivity index (χ2v) is 8.10. The Morgan fingerprint density at radius 2 is 1.93 bits per heavy atom. The molecule has 1 amide bonds. The van der Waals surface area contributed by atoms with Crippen molar-refractivity contribution >= 4 is 21.9 Å². The predicted octanol–water partition coefficient (Wildman–Crippen LogP) is 1.60. The maximum Gasteiger partial charge on any atom is 0.328 e. The van der Waals surface area contributed by atoms with Crippen molar-refractivity contribution in [1.29, 1.82) is 0 Å². The van der Waals surface area contributed by atoms with Crippen molar-refractivity contribution in [3.8, 4) is 5.75 Å². The Hall–Kier alpha value is -2.13. The van der Waals surface area contributed by atoms with Gasteiger partial charge in [-0.2, -0.15) is 0 Å². The Balaban J connectivity index is 2.23. The molecule has 1 unspecified atom stereocenters. The molecule has 27 heavy (non-hydrogen) atoms. The summed E-state index contributed by atoms with van der Waals surface area (Å²) in [5, 5.41) is 2.50. The second kappa shape index (κ2) is 9.18. The van der Waals surface area contributed by atoms with Crippen LogP contribution in [0.2, 0.25) is 0 Å². The molecule has 0 radical (unpaired) electrons. The highest BCUT2D eigenvalue weighted by atomic mass is 32.2. The quantitative estimate of drug-likeness (QED) is 0.644. The van der Waals surface area contributed by atoms with E-state index in [0.717, 1.165) is 25.7 Å². The lowest BCUT2D eigenvalue weighted by molar-refractivity contribution is -0.144. The molecule has 0 bridgehead atoms. The van der Waals surface area contributed by atoms with Crippen molar-refractivity contribution in [2.24, 2.45) is 0 Å². The van der Waals surface area contributed by atoms with E-state index in [4.69, 9.17) is 9.47 Å².